The fourth-order valence-corrected chi connectivity index (χ4v) is 1.91. The van der Waals surface area contributed by atoms with Crippen LogP contribution in [0.1, 0.15) is 18.4 Å². The molecule has 1 saturated carbocycles. The van der Waals surface area contributed by atoms with Gasteiger partial charge < -0.3 is 10.1 Å². The molecule has 0 saturated heterocycles. The highest BCUT2D eigenvalue weighted by molar-refractivity contribution is 5.56. The molecule has 0 amide bonds. The molecule has 0 atom stereocenters. The van der Waals surface area contributed by atoms with Crippen molar-refractivity contribution in [2.45, 2.75) is 25.1 Å². The second kappa shape index (κ2) is 5.95. The van der Waals surface area contributed by atoms with Gasteiger partial charge in [0.2, 0.25) is 5.82 Å². The zero-order valence-corrected chi connectivity index (χ0v) is 12.1. The van der Waals surface area contributed by atoms with E-state index in [1.807, 2.05) is 0 Å². The van der Waals surface area contributed by atoms with E-state index >= 15 is 0 Å². The molecule has 24 heavy (non-hydrogen) atoms. The lowest BCUT2D eigenvalue weighted by molar-refractivity contribution is -0.384. The van der Waals surface area contributed by atoms with Crippen molar-refractivity contribution >= 4 is 11.5 Å². The Kier molecular flexibility index (Phi) is 3.96. The summed E-state index contributed by atoms with van der Waals surface area (Å²) in [4.78, 5) is 17.9. The number of aromatic nitrogens is 2. The number of halogens is 3. The first-order valence-corrected chi connectivity index (χ1v) is 6.96. The molecule has 1 fully saturated rings. The summed E-state index contributed by atoms with van der Waals surface area (Å²) in [5.41, 5.74) is -1.20. The van der Waals surface area contributed by atoms with Gasteiger partial charge in [0.1, 0.15) is 11.9 Å². The first-order valence-electron chi connectivity index (χ1n) is 6.96. The van der Waals surface area contributed by atoms with Crippen molar-refractivity contribution in [1.82, 2.24) is 9.97 Å². The normalized spacial score (nSPS) is 14.3. The van der Waals surface area contributed by atoms with E-state index in [1.54, 1.807) is 0 Å². The maximum Gasteiger partial charge on any atom is 0.416 e. The van der Waals surface area contributed by atoms with Gasteiger partial charge in [0, 0.05) is 6.04 Å². The van der Waals surface area contributed by atoms with E-state index in [4.69, 9.17) is 4.74 Å². The predicted octanol–water partition coefficient (Wildman–Crippen LogP) is 3.77. The van der Waals surface area contributed by atoms with Crippen molar-refractivity contribution in [1.29, 1.82) is 0 Å². The number of ether oxygens (including phenoxy) is 1. The second-order valence-electron chi connectivity index (χ2n) is 5.19. The first kappa shape index (κ1) is 16.0. The number of anilines is 1. The molecule has 10 heteroatoms. The molecular weight excluding hydrogens is 329 g/mol. The average molecular weight is 340 g/mol. The van der Waals surface area contributed by atoms with Crippen molar-refractivity contribution in [3.63, 3.8) is 0 Å². The summed E-state index contributed by atoms with van der Waals surface area (Å²) in [6.45, 7) is 0. The monoisotopic (exact) mass is 340 g/mol. The van der Waals surface area contributed by atoms with Gasteiger partial charge in [0.25, 0.3) is 0 Å². The van der Waals surface area contributed by atoms with E-state index in [0.29, 0.717) is 0 Å². The summed E-state index contributed by atoms with van der Waals surface area (Å²) in [7, 11) is 0. The lowest BCUT2D eigenvalue weighted by Crippen LogP contribution is -2.08. The fraction of sp³-hybridized carbons (Fsp3) is 0.286. The number of nitrogens with one attached hydrogen (secondary N) is 1. The lowest BCUT2D eigenvalue weighted by Gasteiger charge is -2.10. The Balaban J connectivity index is 1.86. The van der Waals surface area contributed by atoms with Gasteiger partial charge in [-0.3, -0.25) is 10.1 Å². The Morgan fingerprint density at radius 2 is 2.08 bits per heavy atom. The minimum atomic E-state index is -4.51. The average Bonchev–Trinajstić information content (AvgIpc) is 3.30. The number of alkyl halides is 3. The third kappa shape index (κ3) is 3.70. The van der Waals surface area contributed by atoms with Crippen LogP contribution in [0.15, 0.2) is 30.5 Å². The Bertz CT molecular complexity index is 778. The van der Waals surface area contributed by atoms with E-state index in [0.717, 1.165) is 31.2 Å². The van der Waals surface area contributed by atoms with Gasteiger partial charge in [-0.25, -0.2) is 0 Å². The van der Waals surface area contributed by atoms with Crippen LogP contribution >= 0.6 is 0 Å². The Labute approximate surface area is 133 Å². The van der Waals surface area contributed by atoms with Crippen molar-refractivity contribution < 1.29 is 22.8 Å². The molecule has 1 aromatic heterocycles. The van der Waals surface area contributed by atoms with E-state index in [-0.39, 0.29) is 29.3 Å². The van der Waals surface area contributed by atoms with Crippen LogP contribution in [-0.4, -0.2) is 20.9 Å². The molecule has 7 nitrogen and oxygen atoms in total. The van der Waals surface area contributed by atoms with Gasteiger partial charge in [-0.1, -0.05) is 6.07 Å². The van der Waals surface area contributed by atoms with E-state index in [2.05, 4.69) is 15.3 Å². The first-order chi connectivity index (χ1) is 11.3. The molecule has 1 aromatic carbocycles. The van der Waals surface area contributed by atoms with Crippen LogP contribution in [0.2, 0.25) is 0 Å². The summed E-state index contributed by atoms with van der Waals surface area (Å²) < 4.78 is 43.3. The molecule has 1 aliphatic rings. The fourth-order valence-electron chi connectivity index (χ4n) is 1.91. The SMILES string of the molecule is O=[N+]([O-])c1cnc(Oc2cccc(C(F)(F)F)c2)nc1NC1CC1. The van der Waals surface area contributed by atoms with Gasteiger partial charge in [-0.15, -0.1) is 0 Å². The van der Waals surface area contributed by atoms with Crippen LogP contribution in [0, 0.1) is 10.1 Å². The van der Waals surface area contributed by atoms with Crippen LogP contribution in [0.3, 0.4) is 0 Å². The minimum absolute atomic E-state index is 0.0144. The molecule has 2 aromatic rings. The molecule has 126 valence electrons. The molecule has 0 aliphatic heterocycles. The van der Waals surface area contributed by atoms with E-state index in [1.165, 1.54) is 12.1 Å². The summed E-state index contributed by atoms with van der Waals surface area (Å²) >= 11 is 0. The van der Waals surface area contributed by atoms with Gasteiger partial charge in [-0.05, 0) is 31.0 Å². The minimum Gasteiger partial charge on any atom is -0.424 e. The van der Waals surface area contributed by atoms with Crippen molar-refractivity contribution in [3.05, 3.63) is 46.1 Å². The smallest absolute Gasteiger partial charge is 0.416 e. The largest absolute Gasteiger partial charge is 0.424 e. The van der Waals surface area contributed by atoms with Gasteiger partial charge in [0.05, 0.1) is 10.5 Å². The molecule has 1 aliphatic carbocycles. The molecule has 0 bridgehead atoms. The number of hydrogen-bond acceptors (Lipinski definition) is 6. The summed E-state index contributed by atoms with van der Waals surface area (Å²) in [5, 5.41) is 13.8. The standard InChI is InChI=1S/C14H11F3N4O3/c15-14(16,17)8-2-1-3-10(6-8)24-13-18-7-11(21(22)23)12(20-13)19-9-4-5-9/h1-3,6-7,9H,4-5H2,(H,18,19,20). The van der Waals surface area contributed by atoms with Crippen LogP contribution in [0.5, 0.6) is 11.8 Å². The molecule has 1 heterocycles. The topological polar surface area (TPSA) is 90.2 Å². The van der Waals surface area contributed by atoms with Crippen LogP contribution < -0.4 is 10.1 Å². The molecule has 3 rings (SSSR count). The quantitative estimate of drug-likeness (QED) is 0.658. The number of hydrogen-bond donors (Lipinski definition) is 1. The third-order valence-corrected chi connectivity index (χ3v) is 3.23. The molecule has 0 spiro atoms. The Morgan fingerprint density at radius 3 is 2.71 bits per heavy atom. The number of nitro groups is 1. The Hall–Kier alpha value is -2.91. The number of benzene rings is 1. The molecule has 1 N–H and O–H groups in total. The zero-order valence-electron chi connectivity index (χ0n) is 12.1. The Morgan fingerprint density at radius 1 is 1.33 bits per heavy atom. The van der Waals surface area contributed by atoms with Gasteiger partial charge >= 0.3 is 17.9 Å². The number of nitrogens with zero attached hydrogens (tertiary/aromatic N) is 3. The zero-order chi connectivity index (χ0) is 17.3. The number of rotatable bonds is 5. The molecule has 0 unspecified atom stereocenters. The summed E-state index contributed by atoms with van der Waals surface area (Å²) in [6.07, 6.45) is -1.81. The highest BCUT2D eigenvalue weighted by Crippen LogP contribution is 2.33. The van der Waals surface area contributed by atoms with Crippen molar-refractivity contribution in [2.24, 2.45) is 0 Å². The van der Waals surface area contributed by atoms with Crippen LogP contribution in [0.25, 0.3) is 0 Å². The van der Waals surface area contributed by atoms with Gasteiger partial charge in [0.15, 0.2) is 0 Å². The predicted molar refractivity (Wildman–Crippen MR) is 76.8 cm³/mol. The highest BCUT2D eigenvalue weighted by atomic mass is 19.4. The van der Waals surface area contributed by atoms with Crippen LogP contribution in [0.4, 0.5) is 24.7 Å². The van der Waals surface area contributed by atoms with E-state index in [9.17, 15) is 23.3 Å². The van der Waals surface area contributed by atoms with Gasteiger partial charge in [-0.2, -0.15) is 23.1 Å². The lowest BCUT2D eigenvalue weighted by atomic mass is 10.2. The molecule has 0 radical (unpaired) electrons. The maximum absolute atomic E-state index is 12.7. The summed E-state index contributed by atoms with van der Waals surface area (Å²) in [5.74, 6) is -0.129. The second-order valence-corrected chi connectivity index (χ2v) is 5.19. The third-order valence-electron chi connectivity index (χ3n) is 3.23. The highest BCUT2D eigenvalue weighted by Gasteiger charge is 2.31. The molecular formula is C14H11F3N4O3. The summed E-state index contributed by atoms with van der Waals surface area (Å²) in [6, 6.07) is 4.03. The van der Waals surface area contributed by atoms with E-state index < -0.39 is 16.7 Å². The van der Waals surface area contributed by atoms with Crippen molar-refractivity contribution in [2.75, 3.05) is 5.32 Å². The maximum atomic E-state index is 12.7. The van der Waals surface area contributed by atoms with Crippen LogP contribution in [-0.2, 0) is 6.18 Å². The van der Waals surface area contributed by atoms with Crippen molar-refractivity contribution in [3.8, 4) is 11.8 Å².